The molecule has 2 heterocycles. The Morgan fingerprint density at radius 3 is 2.70 bits per heavy atom. The van der Waals surface area contributed by atoms with Crippen LogP contribution in [0, 0.1) is 0 Å². The van der Waals surface area contributed by atoms with Crippen LogP contribution in [-0.2, 0) is 6.54 Å². The van der Waals surface area contributed by atoms with Crippen molar-refractivity contribution in [2.75, 3.05) is 26.2 Å². The number of rotatable bonds is 6. The summed E-state index contributed by atoms with van der Waals surface area (Å²) in [6, 6.07) is 7.95. The topological polar surface area (TPSA) is 50.2 Å². The lowest BCUT2D eigenvalue weighted by atomic mass is 10.2. The maximum Gasteiger partial charge on any atom is 0.272 e. The molecule has 0 unspecified atom stereocenters. The third-order valence-corrected chi connectivity index (χ3v) is 4.22. The predicted molar refractivity (Wildman–Crippen MR) is 95.3 cm³/mol. The smallest absolute Gasteiger partial charge is 0.272 e. The minimum atomic E-state index is -0.0646. The number of likely N-dealkylation sites (tertiary alicyclic amines) is 1. The maximum atomic E-state index is 12.4. The summed E-state index contributed by atoms with van der Waals surface area (Å²) in [4.78, 5) is 14.8. The summed E-state index contributed by atoms with van der Waals surface area (Å²) in [6.45, 7) is 6.88. The number of nitrogens with zero attached hydrogens (tertiary/aromatic N) is 3. The number of para-hydroxylation sites is 1. The van der Waals surface area contributed by atoms with Crippen molar-refractivity contribution >= 4 is 29.2 Å². The molecule has 1 amide bonds. The minimum Gasteiger partial charge on any atom is -0.349 e. The maximum absolute atomic E-state index is 12.4. The van der Waals surface area contributed by atoms with E-state index in [2.05, 4.69) is 22.2 Å². The molecule has 0 aliphatic carbocycles. The second kappa shape index (κ2) is 8.31. The van der Waals surface area contributed by atoms with Gasteiger partial charge in [0.1, 0.15) is 0 Å². The standard InChI is InChI=1S/C17H24N4O.ClH/c1-2-10-21-15-8-4-3-7-14(15)16(19-21)17(22)18-9-13-20-11-5-6-12-20;/h3-4,7-8H,2,5-6,9-13H2,1H3,(H,18,22);1H. The predicted octanol–water partition coefficient (Wildman–Crippen LogP) is 2.69. The molecule has 2 aromatic rings. The Balaban J connectivity index is 0.00000192. The monoisotopic (exact) mass is 336 g/mol. The molecule has 3 rings (SSSR count). The number of carbonyl (C=O) groups excluding carboxylic acids is 1. The Morgan fingerprint density at radius 2 is 1.96 bits per heavy atom. The number of carbonyl (C=O) groups is 1. The number of aromatic nitrogens is 2. The van der Waals surface area contributed by atoms with Gasteiger partial charge in [-0.1, -0.05) is 25.1 Å². The Kier molecular flexibility index (Phi) is 6.42. The lowest BCUT2D eigenvalue weighted by Crippen LogP contribution is -2.33. The molecule has 0 radical (unpaired) electrons. The zero-order valence-corrected chi connectivity index (χ0v) is 14.4. The number of amides is 1. The highest BCUT2D eigenvalue weighted by Crippen LogP contribution is 2.18. The molecule has 1 aliphatic rings. The van der Waals surface area contributed by atoms with Crippen LogP contribution < -0.4 is 5.32 Å². The van der Waals surface area contributed by atoms with Crippen molar-refractivity contribution in [3.05, 3.63) is 30.0 Å². The summed E-state index contributed by atoms with van der Waals surface area (Å²) < 4.78 is 1.94. The zero-order valence-electron chi connectivity index (χ0n) is 13.6. The highest BCUT2D eigenvalue weighted by Gasteiger charge is 2.17. The molecule has 0 atom stereocenters. The number of aryl methyl sites for hydroxylation is 1. The van der Waals surface area contributed by atoms with Crippen LogP contribution in [0.4, 0.5) is 0 Å². The number of hydrogen-bond acceptors (Lipinski definition) is 3. The molecule has 1 saturated heterocycles. The van der Waals surface area contributed by atoms with Crippen molar-refractivity contribution in [2.45, 2.75) is 32.7 Å². The van der Waals surface area contributed by atoms with Gasteiger partial charge in [0.25, 0.3) is 5.91 Å². The summed E-state index contributed by atoms with van der Waals surface area (Å²) in [5, 5.41) is 8.48. The van der Waals surface area contributed by atoms with Gasteiger partial charge in [-0.25, -0.2) is 0 Å². The first kappa shape index (κ1) is 17.8. The van der Waals surface area contributed by atoms with Gasteiger partial charge in [-0.2, -0.15) is 5.10 Å². The van der Waals surface area contributed by atoms with Crippen molar-refractivity contribution in [1.82, 2.24) is 20.0 Å². The van der Waals surface area contributed by atoms with E-state index in [1.807, 2.05) is 28.9 Å². The molecule has 6 heteroatoms. The van der Waals surface area contributed by atoms with Crippen molar-refractivity contribution in [3.63, 3.8) is 0 Å². The van der Waals surface area contributed by atoms with Gasteiger partial charge in [-0.3, -0.25) is 9.48 Å². The third-order valence-electron chi connectivity index (χ3n) is 4.22. The van der Waals surface area contributed by atoms with E-state index in [0.717, 1.165) is 43.5 Å². The number of nitrogens with one attached hydrogen (secondary N) is 1. The Labute approximate surface area is 143 Å². The van der Waals surface area contributed by atoms with Crippen LogP contribution in [0.15, 0.2) is 24.3 Å². The van der Waals surface area contributed by atoms with Gasteiger partial charge >= 0.3 is 0 Å². The Hall–Kier alpha value is -1.59. The van der Waals surface area contributed by atoms with Crippen LogP contribution in [0.2, 0.25) is 0 Å². The fraction of sp³-hybridized carbons (Fsp3) is 0.529. The van der Waals surface area contributed by atoms with Crippen LogP contribution >= 0.6 is 12.4 Å². The number of benzene rings is 1. The summed E-state index contributed by atoms with van der Waals surface area (Å²) in [5.74, 6) is -0.0646. The lowest BCUT2D eigenvalue weighted by Gasteiger charge is -2.14. The van der Waals surface area contributed by atoms with Gasteiger partial charge in [0.15, 0.2) is 5.69 Å². The minimum absolute atomic E-state index is 0. The van der Waals surface area contributed by atoms with Crippen LogP contribution in [0.3, 0.4) is 0 Å². The van der Waals surface area contributed by atoms with Gasteiger partial charge in [-0.15, -0.1) is 12.4 Å². The lowest BCUT2D eigenvalue weighted by molar-refractivity contribution is 0.0945. The highest BCUT2D eigenvalue weighted by atomic mass is 35.5. The van der Waals surface area contributed by atoms with E-state index in [1.165, 1.54) is 12.8 Å². The molecule has 1 aromatic carbocycles. The largest absolute Gasteiger partial charge is 0.349 e. The summed E-state index contributed by atoms with van der Waals surface area (Å²) in [7, 11) is 0. The highest BCUT2D eigenvalue weighted by molar-refractivity contribution is 6.04. The fourth-order valence-electron chi connectivity index (χ4n) is 3.09. The van der Waals surface area contributed by atoms with E-state index < -0.39 is 0 Å². The molecule has 1 fully saturated rings. The molecule has 1 aliphatic heterocycles. The van der Waals surface area contributed by atoms with Crippen LogP contribution in [-0.4, -0.2) is 46.8 Å². The second-order valence-electron chi connectivity index (χ2n) is 5.89. The summed E-state index contributed by atoms with van der Waals surface area (Å²) in [5.41, 5.74) is 1.58. The summed E-state index contributed by atoms with van der Waals surface area (Å²) in [6.07, 6.45) is 3.56. The first-order valence-electron chi connectivity index (χ1n) is 8.25. The van der Waals surface area contributed by atoms with E-state index in [0.29, 0.717) is 12.2 Å². The third kappa shape index (κ3) is 4.03. The van der Waals surface area contributed by atoms with Crippen molar-refractivity contribution in [3.8, 4) is 0 Å². The number of fused-ring (bicyclic) bond motifs is 1. The molecule has 23 heavy (non-hydrogen) atoms. The SMILES string of the molecule is CCCn1nc(C(=O)NCCN2CCCC2)c2ccccc21.Cl. The molecule has 0 spiro atoms. The number of halogens is 1. The van der Waals surface area contributed by atoms with Gasteiger partial charge in [0, 0.05) is 25.0 Å². The summed E-state index contributed by atoms with van der Waals surface area (Å²) >= 11 is 0. The average Bonchev–Trinajstić information content (AvgIpc) is 3.16. The Morgan fingerprint density at radius 1 is 1.22 bits per heavy atom. The molecular weight excluding hydrogens is 312 g/mol. The van der Waals surface area contributed by atoms with Gasteiger partial charge in [0.2, 0.25) is 0 Å². The molecule has 126 valence electrons. The van der Waals surface area contributed by atoms with E-state index in [9.17, 15) is 4.79 Å². The second-order valence-corrected chi connectivity index (χ2v) is 5.89. The molecule has 1 N–H and O–H groups in total. The molecule has 0 bridgehead atoms. The molecule has 1 aromatic heterocycles. The van der Waals surface area contributed by atoms with Crippen LogP contribution in [0.5, 0.6) is 0 Å². The molecular formula is C17H25ClN4O. The fourth-order valence-corrected chi connectivity index (χ4v) is 3.09. The van der Waals surface area contributed by atoms with Gasteiger partial charge < -0.3 is 10.2 Å². The van der Waals surface area contributed by atoms with E-state index in [-0.39, 0.29) is 18.3 Å². The van der Waals surface area contributed by atoms with E-state index >= 15 is 0 Å². The quantitative estimate of drug-likeness (QED) is 0.882. The first-order valence-corrected chi connectivity index (χ1v) is 8.25. The number of hydrogen-bond donors (Lipinski definition) is 1. The Bertz CT molecular complexity index is 649. The van der Waals surface area contributed by atoms with E-state index in [4.69, 9.17) is 0 Å². The molecule has 5 nitrogen and oxygen atoms in total. The van der Waals surface area contributed by atoms with Crippen molar-refractivity contribution in [2.24, 2.45) is 0 Å². The van der Waals surface area contributed by atoms with Crippen molar-refractivity contribution in [1.29, 1.82) is 0 Å². The normalized spacial score (nSPS) is 14.8. The van der Waals surface area contributed by atoms with Crippen LogP contribution in [0.25, 0.3) is 10.9 Å². The van der Waals surface area contributed by atoms with Crippen LogP contribution in [0.1, 0.15) is 36.7 Å². The van der Waals surface area contributed by atoms with E-state index in [1.54, 1.807) is 0 Å². The molecule has 0 saturated carbocycles. The van der Waals surface area contributed by atoms with Crippen molar-refractivity contribution < 1.29 is 4.79 Å². The van der Waals surface area contributed by atoms with Gasteiger partial charge in [0.05, 0.1) is 5.52 Å². The average molecular weight is 337 g/mol. The first-order chi connectivity index (χ1) is 10.8. The van der Waals surface area contributed by atoms with Gasteiger partial charge in [-0.05, 0) is 38.4 Å². The zero-order chi connectivity index (χ0) is 15.4.